The average Bonchev–Trinajstić information content (AvgIpc) is 2.70. The van der Waals surface area contributed by atoms with Crippen molar-refractivity contribution in [2.24, 2.45) is 0 Å². The lowest BCUT2D eigenvalue weighted by Crippen LogP contribution is -2.51. The van der Waals surface area contributed by atoms with Crippen molar-refractivity contribution in [1.82, 2.24) is 4.90 Å². The van der Waals surface area contributed by atoms with E-state index in [-0.39, 0.29) is 11.9 Å². The molecular formula is C16H20N2O3. The normalized spacial score (nSPS) is 21.2. The van der Waals surface area contributed by atoms with E-state index in [0.29, 0.717) is 0 Å². The molecule has 1 aromatic carbocycles. The van der Waals surface area contributed by atoms with Crippen LogP contribution < -0.4 is 9.64 Å². The molecular weight excluding hydrogens is 268 g/mol. The van der Waals surface area contributed by atoms with Gasteiger partial charge in [-0.05, 0) is 37.1 Å². The summed E-state index contributed by atoms with van der Waals surface area (Å²) in [6.45, 7) is 0. The second kappa shape index (κ2) is 5.06. The number of amides is 3. The number of imide groups is 1. The quantitative estimate of drug-likeness (QED) is 0.786. The van der Waals surface area contributed by atoms with Crippen molar-refractivity contribution >= 4 is 17.6 Å². The van der Waals surface area contributed by atoms with Crippen LogP contribution in [0.4, 0.5) is 10.5 Å². The fraction of sp³-hybridized carbons (Fsp3) is 0.500. The Kier molecular flexibility index (Phi) is 3.35. The molecule has 0 radical (unpaired) electrons. The molecule has 112 valence electrons. The average molecular weight is 288 g/mol. The molecule has 1 aliphatic heterocycles. The maximum Gasteiger partial charge on any atom is 0.331 e. The van der Waals surface area contributed by atoms with Crippen LogP contribution in [0.5, 0.6) is 5.75 Å². The molecule has 0 aromatic heterocycles. The van der Waals surface area contributed by atoms with Gasteiger partial charge in [0.15, 0.2) is 0 Å². The summed E-state index contributed by atoms with van der Waals surface area (Å²) in [5, 5.41) is 0. The lowest BCUT2D eigenvalue weighted by atomic mass is 9.80. The number of rotatable bonds is 2. The Morgan fingerprint density at radius 2 is 1.67 bits per heavy atom. The van der Waals surface area contributed by atoms with Crippen molar-refractivity contribution in [2.75, 3.05) is 19.1 Å². The van der Waals surface area contributed by atoms with Gasteiger partial charge in [0, 0.05) is 12.7 Å². The molecule has 3 amide bonds. The highest BCUT2D eigenvalue weighted by atomic mass is 16.5. The van der Waals surface area contributed by atoms with Crippen molar-refractivity contribution in [1.29, 1.82) is 0 Å². The van der Waals surface area contributed by atoms with Gasteiger partial charge in [-0.3, -0.25) is 14.6 Å². The highest BCUT2D eigenvalue weighted by molar-refractivity contribution is 6.16. The predicted octanol–water partition coefficient (Wildman–Crippen LogP) is 2.80. The molecule has 0 N–H and O–H groups in total. The van der Waals surface area contributed by atoms with Crippen molar-refractivity contribution in [3.05, 3.63) is 24.3 Å². The number of hydrogen-bond donors (Lipinski definition) is 0. The van der Waals surface area contributed by atoms with E-state index in [1.165, 1.54) is 4.90 Å². The van der Waals surface area contributed by atoms with Crippen LogP contribution in [0.3, 0.4) is 0 Å². The van der Waals surface area contributed by atoms with Gasteiger partial charge in [0.1, 0.15) is 11.3 Å². The molecule has 1 heterocycles. The Bertz CT molecular complexity index is 561. The Morgan fingerprint density at radius 3 is 2.24 bits per heavy atom. The molecule has 0 atom stereocenters. The van der Waals surface area contributed by atoms with E-state index in [4.69, 9.17) is 4.74 Å². The molecule has 2 fully saturated rings. The summed E-state index contributed by atoms with van der Waals surface area (Å²) < 4.78 is 5.16. The largest absolute Gasteiger partial charge is 0.497 e. The molecule has 5 heteroatoms. The molecule has 0 bridgehead atoms. The standard InChI is InChI=1S/C16H20N2O3/c1-17-14(19)16(10-4-3-5-11-16)18(15(17)20)12-6-8-13(21-2)9-7-12/h6-9H,3-5,10-11H2,1-2H3. The summed E-state index contributed by atoms with van der Waals surface area (Å²) >= 11 is 0. The Morgan fingerprint density at radius 1 is 1.05 bits per heavy atom. The lowest BCUT2D eigenvalue weighted by molar-refractivity contribution is -0.130. The third kappa shape index (κ3) is 1.99. The van der Waals surface area contributed by atoms with E-state index in [0.717, 1.165) is 43.5 Å². The van der Waals surface area contributed by atoms with Gasteiger partial charge in [-0.25, -0.2) is 4.79 Å². The van der Waals surface area contributed by atoms with Gasteiger partial charge in [0.25, 0.3) is 5.91 Å². The van der Waals surface area contributed by atoms with Gasteiger partial charge >= 0.3 is 6.03 Å². The van der Waals surface area contributed by atoms with Crippen molar-refractivity contribution in [3.63, 3.8) is 0 Å². The molecule has 1 aliphatic carbocycles. The molecule has 1 aromatic rings. The molecule has 5 nitrogen and oxygen atoms in total. The third-order valence-corrected chi connectivity index (χ3v) is 4.62. The number of nitrogens with zero attached hydrogens (tertiary/aromatic N) is 2. The molecule has 1 spiro atoms. The minimum absolute atomic E-state index is 0.0666. The highest BCUT2D eigenvalue weighted by Crippen LogP contribution is 2.42. The van der Waals surface area contributed by atoms with Gasteiger partial charge in [0.2, 0.25) is 0 Å². The second-order valence-electron chi connectivity index (χ2n) is 5.77. The van der Waals surface area contributed by atoms with Crippen LogP contribution in [-0.2, 0) is 4.79 Å². The van der Waals surface area contributed by atoms with Crippen LogP contribution >= 0.6 is 0 Å². The van der Waals surface area contributed by atoms with Crippen LogP contribution in [0.25, 0.3) is 0 Å². The number of carbonyl (C=O) groups is 2. The zero-order valence-electron chi connectivity index (χ0n) is 12.5. The maximum atomic E-state index is 12.6. The molecule has 1 saturated heterocycles. The van der Waals surface area contributed by atoms with Crippen LogP contribution in [-0.4, -0.2) is 36.5 Å². The first-order valence-corrected chi connectivity index (χ1v) is 7.36. The molecule has 3 rings (SSSR count). The first-order valence-electron chi connectivity index (χ1n) is 7.36. The predicted molar refractivity (Wildman–Crippen MR) is 79.5 cm³/mol. The van der Waals surface area contributed by atoms with Gasteiger partial charge in [-0.1, -0.05) is 19.3 Å². The topological polar surface area (TPSA) is 49.9 Å². The zero-order valence-corrected chi connectivity index (χ0v) is 12.5. The van der Waals surface area contributed by atoms with Crippen molar-refractivity contribution in [3.8, 4) is 5.75 Å². The SMILES string of the molecule is COc1ccc(N2C(=O)N(C)C(=O)C23CCCCC3)cc1. The number of methoxy groups -OCH3 is 1. The monoisotopic (exact) mass is 288 g/mol. The number of urea groups is 1. The van der Waals surface area contributed by atoms with Gasteiger partial charge in [0.05, 0.1) is 7.11 Å². The Balaban J connectivity index is 2.03. The second-order valence-corrected chi connectivity index (χ2v) is 5.77. The molecule has 21 heavy (non-hydrogen) atoms. The molecule has 2 aliphatic rings. The van der Waals surface area contributed by atoms with E-state index in [9.17, 15) is 9.59 Å². The number of hydrogen-bond acceptors (Lipinski definition) is 3. The van der Waals surface area contributed by atoms with Crippen molar-refractivity contribution in [2.45, 2.75) is 37.6 Å². The molecule has 1 saturated carbocycles. The van der Waals surface area contributed by atoms with Crippen LogP contribution in [0.1, 0.15) is 32.1 Å². The van der Waals surface area contributed by atoms with Gasteiger partial charge in [-0.15, -0.1) is 0 Å². The van der Waals surface area contributed by atoms with E-state index < -0.39 is 5.54 Å². The van der Waals surface area contributed by atoms with Crippen LogP contribution in [0.2, 0.25) is 0 Å². The van der Waals surface area contributed by atoms with Gasteiger partial charge < -0.3 is 4.74 Å². The van der Waals surface area contributed by atoms with Crippen LogP contribution in [0, 0.1) is 0 Å². The van der Waals surface area contributed by atoms with E-state index in [1.807, 2.05) is 24.3 Å². The van der Waals surface area contributed by atoms with E-state index >= 15 is 0 Å². The van der Waals surface area contributed by atoms with Crippen LogP contribution in [0.15, 0.2) is 24.3 Å². The summed E-state index contributed by atoms with van der Waals surface area (Å²) in [5.41, 5.74) is 0.0824. The number of anilines is 1. The maximum absolute atomic E-state index is 12.6. The first kappa shape index (κ1) is 13.9. The van der Waals surface area contributed by atoms with Crippen molar-refractivity contribution < 1.29 is 14.3 Å². The zero-order chi connectivity index (χ0) is 15.0. The van der Waals surface area contributed by atoms with Gasteiger partial charge in [-0.2, -0.15) is 0 Å². The number of benzene rings is 1. The fourth-order valence-corrected chi connectivity index (χ4v) is 3.49. The summed E-state index contributed by atoms with van der Waals surface area (Å²) in [6, 6.07) is 7.11. The summed E-state index contributed by atoms with van der Waals surface area (Å²) in [4.78, 5) is 28.1. The Labute approximate surface area is 124 Å². The fourth-order valence-electron chi connectivity index (χ4n) is 3.49. The third-order valence-electron chi connectivity index (χ3n) is 4.62. The minimum Gasteiger partial charge on any atom is -0.497 e. The smallest absolute Gasteiger partial charge is 0.331 e. The van der Waals surface area contributed by atoms with E-state index in [2.05, 4.69) is 0 Å². The first-order chi connectivity index (χ1) is 10.1. The Hall–Kier alpha value is -2.04. The summed E-state index contributed by atoms with van der Waals surface area (Å²) in [5.74, 6) is 0.672. The van der Waals surface area contributed by atoms with E-state index in [1.54, 1.807) is 19.1 Å². The number of carbonyl (C=O) groups excluding carboxylic acids is 2. The lowest BCUT2D eigenvalue weighted by Gasteiger charge is -2.38. The summed E-state index contributed by atoms with van der Waals surface area (Å²) in [7, 11) is 3.18. The molecule has 0 unspecified atom stereocenters. The summed E-state index contributed by atoms with van der Waals surface area (Å²) in [6.07, 6.45) is 4.59. The highest BCUT2D eigenvalue weighted by Gasteiger charge is 2.56. The number of ether oxygens (including phenoxy) is 1. The number of likely N-dealkylation sites (N-methyl/N-ethyl adjacent to an activating group) is 1. The minimum atomic E-state index is -0.682.